The van der Waals surface area contributed by atoms with E-state index in [1.165, 1.54) is 0 Å². The van der Waals surface area contributed by atoms with Crippen LogP contribution in [0.4, 0.5) is 0 Å². The standard InChI is InChI=1S/C10H10O2Se/c11-13(12)7-6-10(8-13)9-4-2-1-3-5-9/h1-6H,7-8H2. The van der Waals surface area contributed by atoms with Gasteiger partial charge in [0.15, 0.2) is 0 Å². The average molecular weight is 241 g/mol. The van der Waals surface area contributed by atoms with Crippen molar-refractivity contribution in [2.24, 2.45) is 0 Å². The van der Waals surface area contributed by atoms with Gasteiger partial charge in [0.05, 0.1) is 0 Å². The molecule has 0 fully saturated rings. The van der Waals surface area contributed by atoms with Gasteiger partial charge >= 0.3 is 78.6 Å². The molecule has 2 nitrogen and oxygen atoms in total. The van der Waals surface area contributed by atoms with E-state index >= 15 is 0 Å². The van der Waals surface area contributed by atoms with Crippen molar-refractivity contribution in [1.29, 1.82) is 0 Å². The van der Waals surface area contributed by atoms with Crippen molar-refractivity contribution in [2.45, 2.75) is 10.6 Å². The van der Waals surface area contributed by atoms with E-state index in [0.717, 1.165) is 11.1 Å². The van der Waals surface area contributed by atoms with Crippen molar-refractivity contribution in [3.05, 3.63) is 42.0 Å². The van der Waals surface area contributed by atoms with Crippen LogP contribution in [0.5, 0.6) is 0 Å². The molecule has 1 heterocycles. The second-order valence-electron chi connectivity index (χ2n) is 3.15. The summed E-state index contributed by atoms with van der Waals surface area (Å²) in [4.78, 5) is 0. The Bertz CT molecular complexity index is 429. The fourth-order valence-corrected chi connectivity index (χ4v) is 4.23. The third-order valence-electron chi connectivity index (χ3n) is 2.10. The molecular weight excluding hydrogens is 231 g/mol. The predicted octanol–water partition coefficient (Wildman–Crippen LogP) is 2.39. The van der Waals surface area contributed by atoms with Crippen molar-refractivity contribution < 1.29 is 7.67 Å². The van der Waals surface area contributed by atoms with Crippen LogP contribution in [0.2, 0.25) is 10.6 Å². The summed E-state index contributed by atoms with van der Waals surface area (Å²) in [5, 5.41) is 0.529. The van der Waals surface area contributed by atoms with Crippen LogP contribution >= 0.6 is 0 Å². The molecule has 0 saturated carbocycles. The Morgan fingerprint density at radius 3 is 2.31 bits per heavy atom. The molecule has 1 aromatic carbocycles. The maximum atomic E-state index is 11.2. The zero-order valence-electron chi connectivity index (χ0n) is 7.10. The predicted molar refractivity (Wildman–Crippen MR) is 51.2 cm³/mol. The molecule has 0 N–H and O–H groups in total. The molecule has 0 unspecified atom stereocenters. The first kappa shape index (κ1) is 8.67. The van der Waals surface area contributed by atoms with Gasteiger partial charge in [0.25, 0.3) is 0 Å². The van der Waals surface area contributed by atoms with Crippen LogP contribution < -0.4 is 0 Å². The van der Waals surface area contributed by atoms with Gasteiger partial charge in [-0.3, -0.25) is 0 Å². The molecule has 0 aromatic heterocycles. The molecule has 1 aliphatic rings. The number of hydrogen-bond donors (Lipinski definition) is 0. The topological polar surface area (TPSA) is 34.1 Å². The van der Waals surface area contributed by atoms with Gasteiger partial charge in [0.1, 0.15) is 0 Å². The van der Waals surface area contributed by atoms with Gasteiger partial charge in [-0.15, -0.1) is 0 Å². The Morgan fingerprint density at radius 1 is 1.08 bits per heavy atom. The van der Waals surface area contributed by atoms with Gasteiger partial charge in [-0.25, -0.2) is 0 Å². The molecule has 13 heavy (non-hydrogen) atoms. The first-order valence-corrected chi connectivity index (χ1v) is 7.94. The molecule has 1 aliphatic heterocycles. The van der Waals surface area contributed by atoms with Crippen molar-refractivity contribution >= 4 is 18.3 Å². The fourth-order valence-electron chi connectivity index (χ4n) is 1.44. The molecule has 68 valence electrons. The van der Waals surface area contributed by atoms with Gasteiger partial charge < -0.3 is 0 Å². The Kier molecular flexibility index (Phi) is 2.06. The molecule has 0 amide bonds. The Hall–Kier alpha value is -0.921. The van der Waals surface area contributed by atoms with Crippen LogP contribution in [-0.4, -0.2) is 12.7 Å². The van der Waals surface area contributed by atoms with Gasteiger partial charge in [0, 0.05) is 0 Å². The molecule has 0 bridgehead atoms. The molecule has 0 aliphatic carbocycles. The van der Waals surface area contributed by atoms with Gasteiger partial charge in [0.2, 0.25) is 0 Å². The normalized spacial score (nSPS) is 19.8. The summed E-state index contributed by atoms with van der Waals surface area (Å²) >= 11 is -3.55. The Morgan fingerprint density at radius 2 is 1.77 bits per heavy atom. The van der Waals surface area contributed by atoms with E-state index < -0.39 is 12.7 Å². The van der Waals surface area contributed by atoms with E-state index in [1.807, 2.05) is 36.4 Å². The summed E-state index contributed by atoms with van der Waals surface area (Å²) < 4.78 is 22.5. The zero-order valence-corrected chi connectivity index (χ0v) is 8.82. The number of rotatable bonds is 1. The molecule has 0 spiro atoms. The van der Waals surface area contributed by atoms with Crippen LogP contribution in [0, 0.1) is 0 Å². The van der Waals surface area contributed by atoms with E-state index in [0.29, 0.717) is 0 Å². The van der Waals surface area contributed by atoms with Gasteiger partial charge in [-0.1, -0.05) is 0 Å². The molecule has 1 aromatic rings. The van der Waals surface area contributed by atoms with Gasteiger partial charge in [-0.05, 0) is 0 Å². The third-order valence-corrected chi connectivity index (χ3v) is 5.09. The summed E-state index contributed by atoms with van der Waals surface area (Å²) in [7, 11) is 0. The monoisotopic (exact) mass is 242 g/mol. The van der Waals surface area contributed by atoms with Crippen LogP contribution in [0.3, 0.4) is 0 Å². The first-order chi connectivity index (χ1) is 6.17. The second-order valence-corrected chi connectivity index (χ2v) is 7.58. The summed E-state index contributed by atoms with van der Waals surface area (Å²) in [6, 6.07) is 9.68. The fraction of sp³-hybridized carbons (Fsp3) is 0.200. The van der Waals surface area contributed by atoms with E-state index in [1.54, 1.807) is 0 Å². The Balaban J connectivity index is 2.32. The van der Waals surface area contributed by atoms with Crippen LogP contribution in [0.25, 0.3) is 5.57 Å². The summed E-state index contributed by atoms with van der Waals surface area (Å²) in [6.07, 6.45) is 1.83. The minimum absolute atomic E-state index is 0.264. The molecule has 0 atom stereocenters. The quantitative estimate of drug-likeness (QED) is 0.707. The molecule has 0 radical (unpaired) electrons. The van der Waals surface area contributed by atoms with Crippen molar-refractivity contribution in [2.75, 3.05) is 0 Å². The summed E-state index contributed by atoms with van der Waals surface area (Å²) in [5.74, 6) is 0. The summed E-state index contributed by atoms with van der Waals surface area (Å²) in [6.45, 7) is 0. The van der Waals surface area contributed by atoms with Crippen molar-refractivity contribution in [3.63, 3.8) is 0 Å². The van der Waals surface area contributed by atoms with Crippen LogP contribution in [-0.2, 0) is 7.67 Å². The second kappa shape index (κ2) is 3.09. The zero-order chi connectivity index (χ0) is 9.31. The van der Waals surface area contributed by atoms with Crippen molar-refractivity contribution in [1.82, 2.24) is 0 Å². The SMILES string of the molecule is O=[Se]1(=O)CC=C(c2ccccc2)C1. The first-order valence-electron chi connectivity index (χ1n) is 4.12. The molecular formula is C10H10O2Se. The molecule has 3 heteroatoms. The van der Waals surface area contributed by atoms with Gasteiger partial charge in [-0.2, -0.15) is 0 Å². The number of benzene rings is 1. The average Bonchev–Trinajstić information content (AvgIpc) is 2.48. The molecule has 2 rings (SSSR count). The summed E-state index contributed by atoms with van der Waals surface area (Å²) in [5.41, 5.74) is 2.00. The van der Waals surface area contributed by atoms with Crippen LogP contribution in [0.1, 0.15) is 5.56 Å². The van der Waals surface area contributed by atoms with Crippen molar-refractivity contribution in [3.8, 4) is 0 Å². The van der Waals surface area contributed by atoms with E-state index in [2.05, 4.69) is 0 Å². The molecule has 0 saturated heterocycles. The van der Waals surface area contributed by atoms with Crippen LogP contribution in [0.15, 0.2) is 36.4 Å². The minimum atomic E-state index is -3.55. The third kappa shape index (κ3) is 1.87. The van der Waals surface area contributed by atoms with E-state index in [4.69, 9.17) is 0 Å². The number of allylic oxidation sites excluding steroid dienone is 2. The van der Waals surface area contributed by atoms with E-state index in [-0.39, 0.29) is 10.6 Å². The Labute approximate surface area is 78.9 Å². The maximum absolute atomic E-state index is 11.2. The number of hydrogen-bond acceptors (Lipinski definition) is 2. The van der Waals surface area contributed by atoms with E-state index in [9.17, 15) is 7.67 Å².